The average Bonchev–Trinajstić information content (AvgIpc) is 2.86. The van der Waals surface area contributed by atoms with Gasteiger partial charge >= 0.3 is 0 Å². The Morgan fingerprint density at radius 3 is 2.60 bits per heavy atom. The Bertz CT molecular complexity index is 336. The van der Waals surface area contributed by atoms with Gasteiger partial charge < -0.3 is 9.64 Å². The molecular weight excluding hydrogens is 260 g/mol. The van der Waals surface area contributed by atoms with Gasteiger partial charge in [-0.3, -0.25) is 19.9 Å². The summed E-state index contributed by atoms with van der Waals surface area (Å²) in [4.78, 5) is 26.9. The molecule has 0 spiro atoms. The van der Waals surface area contributed by atoms with Gasteiger partial charge in [0.25, 0.3) is 5.91 Å². The van der Waals surface area contributed by atoms with E-state index >= 15 is 0 Å². The summed E-state index contributed by atoms with van der Waals surface area (Å²) >= 11 is 0. The second-order valence-corrected chi connectivity index (χ2v) is 5.36. The molecule has 0 saturated carbocycles. The Labute approximate surface area is 120 Å². The summed E-state index contributed by atoms with van der Waals surface area (Å²) in [5, 5.41) is 0. The highest BCUT2D eigenvalue weighted by Gasteiger charge is 2.31. The number of likely N-dealkylation sites (N-methyl/N-ethyl adjacent to an activating group) is 1. The normalized spacial score (nSPS) is 22.1. The van der Waals surface area contributed by atoms with Crippen molar-refractivity contribution >= 4 is 11.8 Å². The van der Waals surface area contributed by atoms with E-state index in [-0.39, 0.29) is 17.9 Å². The molecule has 3 N–H and O–H groups in total. The van der Waals surface area contributed by atoms with Gasteiger partial charge in [0.2, 0.25) is 5.91 Å². The number of carbonyl (C=O) groups excluding carboxylic acids is 2. The zero-order valence-electron chi connectivity index (χ0n) is 12.6. The molecule has 0 aliphatic carbocycles. The minimum absolute atomic E-state index is 0.0150. The van der Waals surface area contributed by atoms with Gasteiger partial charge in [-0.15, -0.1) is 0 Å². The lowest BCUT2D eigenvalue weighted by molar-refractivity contribution is -0.134. The largest absolute Gasteiger partial charge is 0.364 e. The number of nitrogens with one attached hydrogen (secondary N) is 1. The van der Waals surface area contributed by atoms with E-state index in [1.165, 1.54) is 0 Å². The molecule has 2 atom stereocenters. The van der Waals surface area contributed by atoms with Crippen LogP contribution < -0.4 is 11.3 Å². The number of carbonyl (C=O) groups is 2. The molecule has 0 bridgehead atoms. The van der Waals surface area contributed by atoms with Gasteiger partial charge in [0, 0.05) is 20.6 Å². The van der Waals surface area contributed by atoms with E-state index in [0.29, 0.717) is 19.5 Å². The van der Waals surface area contributed by atoms with Gasteiger partial charge in [-0.2, -0.15) is 0 Å². The molecular formula is C13H26N4O3. The maximum absolute atomic E-state index is 11.8. The van der Waals surface area contributed by atoms with E-state index in [9.17, 15) is 9.59 Å². The fourth-order valence-electron chi connectivity index (χ4n) is 2.30. The smallest absolute Gasteiger partial charge is 0.263 e. The second kappa shape index (κ2) is 8.18. The van der Waals surface area contributed by atoms with E-state index in [0.717, 1.165) is 19.4 Å². The predicted molar refractivity (Wildman–Crippen MR) is 75.7 cm³/mol. The number of ether oxygens (including phenoxy) is 1. The molecule has 7 heteroatoms. The minimum Gasteiger partial charge on any atom is -0.364 e. The van der Waals surface area contributed by atoms with Gasteiger partial charge in [0.1, 0.15) is 6.10 Å². The maximum atomic E-state index is 11.8. The summed E-state index contributed by atoms with van der Waals surface area (Å²) < 4.78 is 5.67. The van der Waals surface area contributed by atoms with E-state index in [1.807, 2.05) is 0 Å². The lowest BCUT2D eigenvalue weighted by Crippen LogP contribution is -2.42. The monoisotopic (exact) mass is 286 g/mol. The van der Waals surface area contributed by atoms with Crippen LogP contribution in [0.1, 0.15) is 26.2 Å². The Kier molecular flexibility index (Phi) is 6.90. The second-order valence-electron chi connectivity index (χ2n) is 5.36. The van der Waals surface area contributed by atoms with Crippen LogP contribution in [0.15, 0.2) is 0 Å². The fraction of sp³-hybridized carbons (Fsp3) is 0.846. The van der Waals surface area contributed by atoms with Gasteiger partial charge in [-0.05, 0) is 25.8 Å². The summed E-state index contributed by atoms with van der Waals surface area (Å²) in [6, 6.07) is 0. The number of hydrogen-bond acceptors (Lipinski definition) is 5. The van der Waals surface area contributed by atoms with Crippen LogP contribution in [0.5, 0.6) is 0 Å². The Morgan fingerprint density at radius 2 is 2.05 bits per heavy atom. The number of rotatable bonds is 7. The molecule has 1 heterocycles. The summed E-state index contributed by atoms with van der Waals surface area (Å²) in [5.41, 5.74) is 2.11. The van der Waals surface area contributed by atoms with Crippen molar-refractivity contribution in [2.45, 2.75) is 38.4 Å². The lowest BCUT2D eigenvalue weighted by atomic mass is 10.2. The summed E-state index contributed by atoms with van der Waals surface area (Å²) in [5.74, 6) is 4.90. The third-order valence-electron chi connectivity index (χ3n) is 3.40. The fourth-order valence-corrected chi connectivity index (χ4v) is 2.30. The van der Waals surface area contributed by atoms with Gasteiger partial charge in [0.05, 0.1) is 12.6 Å². The highest BCUT2D eigenvalue weighted by Crippen LogP contribution is 2.20. The molecule has 1 fully saturated rings. The molecule has 116 valence electrons. The van der Waals surface area contributed by atoms with Crippen LogP contribution in [-0.4, -0.2) is 67.6 Å². The van der Waals surface area contributed by atoms with Crippen LogP contribution in [0.2, 0.25) is 0 Å². The van der Waals surface area contributed by atoms with Gasteiger partial charge in [-0.25, -0.2) is 5.84 Å². The molecule has 0 aromatic heterocycles. The zero-order valence-corrected chi connectivity index (χ0v) is 12.6. The SMILES string of the molecule is CCCN(CC(=O)N(C)C)CC1CCC(C(=O)NN)O1. The van der Waals surface area contributed by atoms with E-state index in [1.54, 1.807) is 19.0 Å². The van der Waals surface area contributed by atoms with Gasteiger partial charge in [0.15, 0.2) is 0 Å². The summed E-state index contributed by atoms with van der Waals surface area (Å²) in [6.45, 7) is 3.97. The first kappa shape index (κ1) is 16.9. The molecule has 20 heavy (non-hydrogen) atoms. The maximum Gasteiger partial charge on any atom is 0.263 e. The third kappa shape index (κ3) is 5.07. The van der Waals surface area contributed by atoms with Gasteiger partial charge in [-0.1, -0.05) is 6.92 Å². The zero-order chi connectivity index (χ0) is 15.1. The number of amides is 2. The minimum atomic E-state index is -0.460. The standard InChI is InChI=1S/C13H26N4O3/c1-4-7-17(9-12(18)16(2)3)8-10-5-6-11(20-10)13(19)15-14/h10-11H,4-9,14H2,1-3H3,(H,15,19). The first-order valence-corrected chi connectivity index (χ1v) is 7.06. The van der Waals surface area contributed by atoms with Crippen LogP contribution in [0, 0.1) is 0 Å². The van der Waals surface area contributed by atoms with Crippen molar-refractivity contribution < 1.29 is 14.3 Å². The first-order chi connectivity index (χ1) is 9.47. The highest BCUT2D eigenvalue weighted by atomic mass is 16.5. The van der Waals surface area contributed by atoms with Crippen molar-refractivity contribution in [1.29, 1.82) is 0 Å². The number of nitrogens with two attached hydrogens (primary N) is 1. The molecule has 1 saturated heterocycles. The summed E-state index contributed by atoms with van der Waals surface area (Å²) in [7, 11) is 3.50. The van der Waals surface area contributed by atoms with Crippen LogP contribution in [0.25, 0.3) is 0 Å². The van der Waals surface area contributed by atoms with E-state index in [2.05, 4.69) is 17.2 Å². The predicted octanol–water partition coefficient (Wildman–Crippen LogP) is -0.676. The molecule has 7 nitrogen and oxygen atoms in total. The van der Waals surface area contributed by atoms with E-state index in [4.69, 9.17) is 10.6 Å². The van der Waals surface area contributed by atoms with Crippen LogP contribution in [0.4, 0.5) is 0 Å². The number of hydrazine groups is 1. The summed E-state index contributed by atoms with van der Waals surface area (Å²) in [6.07, 6.45) is 1.99. The topological polar surface area (TPSA) is 87.9 Å². The van der Waals surface area contributed by atoms with Crippen molar-refractivity contribution in [1.82, 2.24) is 15.2 Å². The Morgan fingerprint density at radius 1 is 1.35 bits per heavy atom. The van der Waals surface area contributed by atoms with Crippen molar-refractivity contribution in [3.8, 4) is 0 Å². The number of nitrogens with zero attached hydrogens (tertiary/aromatic N) is 2. The van der Waals surface area contributed by atoms with Crippen molar-refractivity contribution in [2.24, 2.45) is 5.84 Å². The number of hydrogen-bond donors (Lipinski definition) is 2. The Balaban J connectivity index is 2.46. The molecule has 0 aromatic rings. The van der Waals surface area contributed by atoms with Crippen molar-refractivity contribution in [2.75, 3.05) is 33.7 Å². The quantitative estimate of drug-likeness (QED) is 0.368. The van der Waals surface area contributed by atoms with Crippen LogP contribution >= 0.6 is 0 Å². The van der Waals surface area contributed by atoms with E-state index < -0.39 is 6.10 Å². The molecule has 1 rings (SSSR count). The first-order valence-electron chi connectivity index (χ1n) is 7.06. The molecule has 2 amide bonds. The highest BCUT2D eigenvalue weighted by molar-refractivity contribution is 5.80. The Hall–Kier alpha value is -1.18. The van der Waals surface area contributed by atoms with Crippen LogP contribution in [0.3, 0.4) is 0 Å². The van der Waals surface area contributed by atoms with Crippen molar-refractivity contribution in [3.05, 3.63) is 0 Å². The van der Waals surface area contributed by atoms with Crippen molar-refractivity contribution in [3.63, 3.8) is 0 Å². The molecule has 2 unspecified atom stereocenters. The molecule has 0 radical (unpaired) electrons. The van der Waals surface area contributed by atoms with Crippen LogP contribution in [-0.2, 0) is 14.3 Å². The average molecular weight is 286 g/mol. The molecule has 0 aromatic carbocycles. The molecule has 1 aliphatic rings. The third-order valence-corrected chi connectivity index (χ3v) is 3.40. The lowest BCUT2D eigenvalue weighted by Gasteiger charge is -2.25. The molecule has 1 aliphatic heterocycles.